The first-order chi connectivity index (χ1) is 19.0. The zero-order valence-corrected chi connectivity index (χ0v) is 25.2. The molecule has 0 spiro atoms. The van der Waals surface area contributed by atoms with Crippen molar-refractivity contribution in [3.63, 3.8) is 0 Å². The summed E-state index contributed by atoms with van der Waals surface area (Å²) in [5.41, 5.74) is 5.79. The summed E-state index contributed by atoms with van der Waals surface area (Å²) in [6.45, 7) is 5.73. The van der Waals surface area contributed by atoms with Crippen LogP contribution in [0.2, 0.25) is 5.02 Å². The summed E-state index contributed by atoms with van der Waals surface area (Å²) in [5, 5.41) is 8.57. The highest BCUT2D eigenvalue weighted by Crippen LogP contribution is 2.29. The molecule has 0 saturated heterocycles. The first kappa shape index (κ1) is 31.0. The number of benzene rings is 2. The molecule has 0 aliphatic rings. The van der Waals surface area contributed by atoms with Crippen molar-refractivity contribution in [1.29, 1.82) is 0 Å². The maximum absolute atomic E-state index is 12.8. The van der Waals surface area contributed by atoms with Gasteiger partial charge in [-0.2, -0.15) is 4.57 Å². The van der Waals surface area contributed by atoms with E-state index in [0.29, 0.717) is 23.1 Å². The van der Waals surface area contributed by atoms with Gasteiger partial charge in [-0.25, -0.2) is 4.79 Å². The summed E-state index contributed by atoms with van der Waals surface area (Å²) in [4.78, 5) is 12.8. The second kappa shape index (κ2) is 17.9. The molecule has 0 aliphatic carbocycles. The van der Waals surface area contributed by atoms with Crippen molar-refractivity contribution in [2.45, 2.75) is 97.4 Å². The number of anilines is 2. The third kappa shape index (κ3) is 12.0. The minimum atomic E-state index is -0.316. The van der Waals surface area contributed by atoms with E-state index in [1.54, 1.807) is 29.5 Å². The molecular weight excluding hydrogens is 526 g/mol. The summed E-state index contributed by atoms with van der Waals surface area (Å²) >= 11 is 7.90. The first-order valence-electron chi connectivity index (χ1n) is 14.6. The highest BCUT2D eigenvalue weighted by atomic mass is 35.5. The zero-order valence-electron chi connectivity index (χ0n) is 23.6. The Labute approximate surface area is 243 Å². The topological polar surface area (TPSA) is 54.2 Å². The van der Waals surface area contributed by atoms with Gasteiger partial charge in [0.15, 0.2) is 12.2 Å². The third-order valence-corrected chi connectivity index (χ3v) is 7.95. The van der Waals surface area contributed by atoms with E-state index in [1.165, 1.54) is 69.9 Å². The number of nitrogens with zero attached hydrogens (tertiary/aromatic N) is 1. The molecule has 3 aromatic rings. The number of amides is 2. The molecule has 2 aromatic carbocycles. The van der Waals surface area contributed by atoms with Gasteiger partial charge in [0.1, 0.15) is 5.75 Å². The molecule has 0 bridgehead atoms. The van der Waals surface area contributed by atoms with Gasteiger partial charge in [0.05, 0.1) is 17.7 Å². The van der Waals surface area contributed by atoms with E-state index in [4.69, 9.17) is 16.3 Å². The van der Waals surface area contributed by atoms with Crippen LogP contribution in [0, 0.1) is 6.92 Å². The minimum absolute atomic E-state index is 0.316. The molecule has 0 saturated carbocycles. The number of hydrogen-bond acceptors (Lipinski definition) is 3. The van der Waals surface area contributed by atoms with E-state index in [1.807, 2.05) is 18.2 Å². The average molecular weight is 571 g/mol. The van der Waals surface area contributed by atoms with Gasteiger partial charge in [-0.3, -0.25) is 0 Å². The number of carbonyl (C=O) groups excluding carboxylic acids is 1. The lowest BCUT2D eigenvalue weighted by atomic mass is 10.1. The second-order valence-electron chi connectivity index (χ2n) is 10.3. The lowest BCUT2D eigenvalue weighted by Crippen LogP contribution is -2.34. The fourth-order valence-corrected chi connectivity index (χ4v) is 5.53. The van der Waals surface area contributed by atoms with Gasteiger partial charge < -0.3 is 15.4 Å². The number of nitrogens with one attached hydrogen (secondary N) is 2. The smallest absolute Gasteiger partial charge is 0.323 e. The largest absolute Gasteiger partial charge is 0.491 e. The molecule has 2 N–H and O–H groups in total. The van der Waals surface area contributed by atoms with Gasteiger partial charge in [0, 0.05) is 29.3 Å². The standard InChI is InChI=1S/C32H44ClN3O2S/c1-3-4-5-6-7-8-9-10-11-12-13-14-20-38-31-22-28(33)18-19-30(31)35-32(37)34-29-17-15-16-27(21-29)23-36-25-39-24-26(36)2/h15-19,21-22,24-25H,3-14,20,23H2,1-2H3,(H-,34,35,37)/p+1. The van der Waals surface area contributed by atoms with Crippen molar-refractivity contribution in [2.24, 2.45) is 0 Å². The molecular formula is C32H45ClN3O2S+. The van der Waals surface area contributed by atoms with Crippen molar-refractivity contribution >= 4 is 40.3 Å². The molecule has 0 fully saturated rings. The Morgan fingerprint density at radius 1 is 0.897 bits per heavy atom. The maximum Gasteiger partial charge on any atom is 0.323 e. The molecule has 1 heterocycles. The number of hydrogen-bond donors (Lipinski definition) is 2. The monoisotopic (exact) mass is 570 g/mol. The molecule has 39 heavy (non-hydrogen) atoms. The second-order valence-corrected chi connectivity index (χ2v) is 11.4. The minimum Gasteiger partial charge on any atom is -0.491 e. The van der Waals surface area contributed by atoms with Crippen molar-refractivity contribution in [3.05, 3.63) is 69.6 Å². The molecule has 0 unspecified atom stereocenters. The quantitative estimate of drug-likeness (QED) is 0.118. The fraction of sp³-hybridized carbons (Fsp3) is 0.500. The lowest BCUT2D eigenvalue weighted by Gasteiger charge is -2.14. The van der Waals surface area contributed by atoms with E-state index >= 15 is 0 Å². The summed E-state index contributed by atoms with van der Waals surface area (Å²) in [7, 11) is 0. The van der Waals surface area contributed by atoms with Crippen LogP contribution in [-0.4, -0.2) is 12.6 Å². The predicted octanol–water partition coefficient (Wildman–Crippen LogP) is 9.77. The predicted molar refractivity (Wildman–Crippen MR) is 165 cm³/mol. The van der Waals surface area contributed by atoms with Crippen molar-refractivity contribution in [3.8, 4) is 5.75 Å². The number of thiazole rings is 1. The van der Waals surface area contributed by atoms with Crippen LogP contribution >= 0.6 is 22.9 Å². The van der Waals surface area contributed by atoms with Crippen molar-refractivity contribution < 1.29 is 14.1 Å². The van der Waals surface area contributed by atoms with Crippen LogP contribution in [0.25, 0.3) is 0 Å². The number of ether oxygens (including phenoxy) is 1. The summed E-state index contributed by atoms with van der Waals surface area (Å²) in [6.07, 6.45) is 15.6. The number of aryl methyl sites for hydroxylation is 1. The summed E-state index contributed by atoms with van der Waals surface area (Å²) in [5.74, 6) is 0.596. The van der Waals surface area contributed by atoms with Gasteiger partial charge >= 0.3 is 6.03 Å². The normalized spacial score (nSPS) is 10.9. The Bertz CT molecular complexity index is 1130. The van der Waals surface area contributed by atoms with Gasteiger partial charge in [-0.05, 0) is 30.7 Å². The molecule has 2 amide bonds. The number of urea groups is 1. The average Bonchev–Trinajstić information content (AvgIpc) is 3.32. The Balaban J connectivity index is 1.37. The van der Waals surface area contributed by atoms with E-state index in [9.17, 15) is 4.79 Å². The molecule has 0 radical (unpaired) electrons. The Morgan fingerprint density at radius 2 is 1.59 bits per heavy atom. The van der Waals surface area contributed by atoms with Crippen LogP contribution in [0.3, 0.4) is 0 Å². The highest BCUT2D eigenvalue weighted by Gasteiger charge is 2.12. The number of rotatable bonds is 18. The molecule has 0 aliphatic heterocycles. The van der Waals surface area contributed by atoms with Crippen molar-refractivity contribution in [2.75, 3.05) is 17.2 Å². The first-order valence-corrected chi connectivity index (χ1v) is 15.9. The zero-order chi connectivity index (χ0) is 27.7. The summed E-state index contributed by atoms with van der Waals surface area (Å²) in [6, 6.07) is 12.9. The molecule has 7 heteroatoms. The third-order valence-electron chi connectivity index (χ3n) is 6.86. The van der Waals surface area contributed by atoms with Gasteiger partial charge in [-0.1, -0.05) is 113 Å². The molecule has 3 rings (SSSR count). The number of unbranched alkanes of at least 4 members (excludes halogenated alkanes) is 11. The van der Waals surface area contributed by atoms with Gasteiger partial charge in [0.25, 0.3) is 0 Å². The van der Waals surface area contributed by atoms with Gasteiger partial charge in [0.2, 0.25) is 5.51 Å². The van der Waals surface area contributed by atoms with Crippen LogP contribution < -0.4 is 19.9 Å². The summed E-state index contributed by atoms with van der Waals surface area (Å²) < 4.78 is 8.21. The Morgan fingerprint density at radius 3 is 2.26 bits per heavy atom. The van der Waals surface area contributed by atoms with Crippen LogP contribution in [0.4, 0.5) is 16.2 Å². The maximum atomic E-state index is 12.8. The number of halogens is 1. The number of aromatic nitrogens is 1. The fourth-order valence-electron chi connectivity index (χ4n) is 4.59. The molecule has 5 nitrogen and oxygen atoms in total. The molecule has 1 aromatic heterocycles. The van der Waals surface area contributed by atoms with Crippen LogP contribution in [0.15, 0.2) is 53.4 Å². The van der Waals surface area contributed by atoms with E-state index in [-0.39, 0.29) is 6.03 Å². The van der Waals surface area contributed by atoms with E-state index in [0.717, 1.165) is 30.6 Å². The van der Waals surface area contributed by atoms with E-state index in [2.05, 4.69) is 46.0 Å². The van der Waals surface area contributed by atoms with Crippen LogP contribution in [0.1, 0.15) is 95.2 Å². The molecule has 212 valence electrons. The lowest BCUT2D eigenvalue weighted by molar-refractivity contribution is -0.689. The number of carbonyl (C=O) groups is 1. The van der Waals surface area contributed by atoms with Gasteiger partial charge in [-0.15, -0.1) is 0 Å². The van der Waals surface area contributed by atoms with E-state index < -0.39 is 0 Å². The van der Waals surface area contributed by atoms with Crippen LogP contribution in [-0.2, 0) is 6.54 Å². The molecule has 0 atom stereocenters. The highest BCUT2D eigenvalue weighted by molar-refractivity contribution is 7.07. The SMILES string of the molecule is CCCCCCCCCCCCCCOc1cc(Cl)ccc1NC(=O)Nc1cccc(C[n+]2cscc2C)c1. The van der Waals surface area contributed by atoms with Crippen LogP contribution in [0.5, 0.6) is 5.75 Å². The van der Waals surface area contributed by atoms with Crippen molar-refractivity contribution in [1.82, 2.24) is 0 Å². The Hall–Kier alpha value is -2.57. The Kier molecular flexibility index (Phi) is 14.2.